The molecule has 0 bridgehead atoms. The van der Waals surface area contributed by atoms with Gasteiger partial charge in [-0.2, -0.15) is 8.78 Å². The van der Waals surface area contributed by atoms with Crippen LogP contribution in [-0.4, -0.2) is 59.8 Å². The van der Waals surface area contributed by atoms with Gasteiger partial charge in [0.05, 0.1) is 24.6 Å². The Balaban J connectivity index is 1.40. The molecule has 2 fully saturated rings. The topological polar surface area (TPSA) is 108 Å². The molecule has 0 radical (unpaired) electrons. The molecule has 2 aromatic carbocycles. The Morgan fingerprint density at radius 1 is 1.14 bits per heavy atom. The lowest BCUT2D eigenvalue weighted by atomic mass is 9.96. The number of amides is 5. The summed E-state index contributed by atoms with van der Waals surface area (Å²) in [4.78, 5) is 52.1. The molecule has 5 amide bonds. The lowest BCUT2D eigenvalue weighted by molar-refractivity contribution is -0.125. The Morgan fingerprint density at radius 2 is 1.94 bits per heavy atom. The second-order valence-corrected chi connectivity index (χ2v) is 8.29. The predicted molar refractivity (Wildman–Crippen MR) is 121 cm³/mol. The first-order valence-corrected chi connectivity index (χ1v) is 11.1. The second-order valence-electron chi connectivity index (χ2n) is 8.29. The van der Waals surface area contributed by atoms with Crippen molar-refractivity contribution < 1.29 is 32.7 Å². The Labute approximate surface area is 200 Å². The van der Waals surface area contributed by atoms with Gasteiger partial charge in [-0.1, -0.05) is 24.3 Å². The summed E-state index contributed by atoms with van der Waals surface area (Å²) in [6.07, 6.45) is 1.14. The van der Waals surface area contributed by atoms with Gasteiger partial charge in [-0.05, 0) is 42.7 Å². The zero-order valence-electron chi connectivity index (χ0n) is 18.7. The first-order valence-electron chi connectivity index (χ1n) is 11.1. The van der Waals surface area contributed by atoms with Crippen LogP contribution in [0.3, 0.4) is 0 Å². The van der Waals surface area contributed by atoms with Gasteiger partial charge in [0.2, 0.25) is 11.8 Å². The first kappa shape index (κ1) is 24.1. The summed E-state index contributed by atoms with van der Waals surface area (Å²) >= 11 is 0. The number of anilines is 1. The molecular weight excluding hydrogens is 462 g/mol. The standard InChI is InChI=1S/C24H24F2N4O5/c25-23(26)35-19-9-2-1-8-18(19)22(33)29-10-4-6-16(14-29)21(32)28-17-7-3-5-15(11-17)13-30-20(31)12-27-24(30)34/h1-3,5,7-9,11,16,23H,4,6,10,12-14H2,(H,27,34)(H,28,32). The second kappa shape index (κ2) is 10.5. The molecule has 1 atom stereocenters. The van der Waals surface area contributed by atoms with Crippen molar-refractivity contribution in [2.75, 3.05) is 25.0 Å². The van der Waals surface area contributed by atoms with E-state index in [-0.39, 0.29) is 42.8 Å². The highest BCUT2D eigenvalue weighted by Crippen LogP contribution is 2.26. The predicted octanol–water partition coefficient (Wildman–Crippen LogP) is 2.83. The lowest BCUT2D eigenvalue weighted by Gasteiger charge is -2.32. The number of urea groups is 1. The summed E-state index contributed by atoms with van der Waals surface area (Å²) in [5, 5.41) is 5.29. The van der Waals surface area contributed by atoms with E-state index < -0.39 is 24.5 Å². The van der Waals surface area contributed by atoms with E-state index in [0.29, 0.717) is 30.6 Å². The summed E-state index contributed by atoms with van der Waals surface area (Å²) in [5.74, 6) is -1.79. The van der Waals surface area contributed by atoms with E-state index in [1.54, 1.807) is 30.3 Å². The average molecular weight is 486 g/mol. The van der Waals surface area contributed by atoms with Gasteiger partial charge in [0, 0.05) is 18.8 Å². The van der Waals surface area contributed by atoms with Crippen LogP contribution in [0.15, 0.2) is 48.5 Å². The molecule has 35 heavy (non-hydrogen) atoms. The Bertz CT molecular complexity index is 1130. The quantitative estimate of drug-likeness (QED) is 0.586. The monoisotopic (exact) mass is 486 g/mol. The number of imide groups is 1. The normalized spacial score (nSPS) is 18.0. The van der Waals surface area contributed by atoms with Crippen LogP contribution >= 0.6 is 0 Å². The molecule has 0 aromatic heterocycles. The molecule has 9 nitrogen and oxygen atoms in total. The van der Waals surface area contributed by atoms with Crippen molar-refractivity contribution in [1.82, 2.24) is 15.1 Å². The highest BCUT2D eigenvalue weighted by atomic mass is 19.3. The van der Waals surface area contributed by atoms with Crippen molar-refractivity contribution in [3.63, 3.8) is 0 Å². The number of nitrogens with zero attached hydrogens (tertiary/aromatic N) is 2. The summed E-state index contributed by atoms with van der Waals surface area (Å²) in [6, 6.07) is 12.1. The van der Waals surface area contributed by atoms with Gasteiger partial charge < -0.3 is 20.3 Å². The van der Waals surface area contributed by atoms with E-state index in [1.165, 1.54) is 23.1 Å². The maximum Gasteiger partial charge on any atom is 0.387 e. The van der Waals surface area contributed by atoms with Crippen LogP contribution in [0.1, 0.15) is 28.8 Å². The van der Waals surface area contributed by atoms with Crippen LogP contribution in [0.5, 0.6) is 5.75 Å². The van der Waals surface area contributed by atoms with Crippen LogP contribution < -0.4 is 15.4 Å². The molecule has 2 aromatic rings. The van der Waals surface area contributed by atoms with E-state index in [0.717, 1.165) is 4.90 Å². The first-order chi connectivity index (χ1) is 16.8. The van der Waals surface area contributed by atoms with E-state index in [1.807, 2.05) is 0 Å². The minimum absolute atomic E-state index is 0.0158. The summed E-state index contributed by atoms with van der Waals surface area (Å²) in [6.45, 7) is -2.48. The van der Waals surface area contributed by atoms with Gasteiger partial charge >= 0.3 is 12.6 Å². The van der Waals surface area contributed by atoms with Gasteiger partial charge in [0.15, 0.2) is 0 Å². The number of likely N-dealkylation sites (tertiary alicyclic amines) is 1. The summed E-state index contributed by atoms with van der Waals surface area (Å²) in [7, 11) is 0. The number of carbonyl (C=O) groups excluding carboxylic acids is 4. The fraction of sp³-hybridized carbons (Fsp3) is 0.333. The van der Waals surface area contributed by atoms with Gasteiger partial charge in [0.25, 0.3) is 5.91 Å². The molecule has 1 unspecified atom stereocenters. The highest BCUT2D eigenvalue weighted by Gasteiger charge is 2.31. The van der Waals surface area contributed by atoms with Gasteiger partial charge in [-0.25, -0.2) is 4.79 Å². The number of benzene rings is 2. The molecule has 11 heteroatoms. The van der Waals surface area contributed by atoms with E-state index in [4.69, 9.17) is 0 Å². The fourth-order valence-corrected chi connectivity index (χ4v) is 4.18. The molecule has 2 aliphatic rings. The number of nitrogens with one attached hydrogen (secondary N) is 2. The van der Waals surface area contributed by atoms with Gasteiger partial charge in [0.1, 0.15) is 5.75 Å². The van der Waals surface area contributed by atoms with Crippen LogP contribution in [0.25, 0.3) is 0 Å². The number of hydrogen-bond donors (Lipinski definition) is 2. The van der Waals surface area contributed by atoms with Gasteiger partial charge in [-0.3, -0.25) is 19.3 Å². The number of hydrogen-bond acceptors (Lipinski definition) is 5. The number of alkyl halides is 2. The van der Waals surface area contributed by atoms with Gasteiger partial charge in [-0.15, -0.1) is 0 Å². The third-order valence-corrected chi connectivity index (χ3v) is 5.89. The zero-order chi connectivity index (χ0) is 24.9. The van der Waals surface area contributed by atoms with Crippen LogP contribution in [0, 0.1) is 5.92 Å². The SMILES string of the molecule is O=C(Nc1cccc(CN2C(=O)CNC2=O)c1)C1CCCN(C(=O)c2ccccc2OC(F)F)C1. The molecular formula is C24H24F2N4O5. The maximum atomic E-state index is 13.0. The number of piperidine rings is 1. The largest absolute Gasteiger partial charge is 0.434 e. The maximum absolute atomic E-state index is 13.0. The number of ether oxygens (including phenoxy) is 1. The molecule has 2 aliphatic heterocycles. The highest BCUT2D eigenvalue weighted by molar-refractivity contribution is 6.02. The van der Waals surface area contributed by atoms with Crippen LogP contribution in [0.4, 0.5) is 19.3 Å². The number of carbonyl (C=O) groups is 4. The molecule has 0 aliphatic carbocycles. The number of halogens is 2. The van der Waals surface area contributed by atoms with E-state index in [2.05, 4.69) is 15.4 Å². The summed E-state index contributed by atoms with van der Waals surface area (Å²) in [5.41, 5.74) is 1.19. The molecule has 2 saturated heterocycles. The molecule has 0 saturated carbocycles. The molecule has 2 heterocycles. The van der Waals surface area contributed by atoms with Crippen molar-refractivity contribution in [1.29, 1.82) is 0 Å². The van der Waals surface area contributed by atoms with E-state index in [9.17, 15) is 28.0 Å². The fourth-order valence-electron chi connectivity index (χ4n) is 4.18. The molecule has 0 spiro atoms. The van der Waals surface area contributed by atoms with Crippen LogP contribution in [0.2, 0.25) is 0 Å². The molecule has 184 valence electrons. The minimum Gasteiger partial charge on any atom is -0.434 e. The van der Waals surface area contributed by atoms with Crippen molar-refractivity contribution in [2.24, 2.45) is 5.92 Å². The van der Waals surface area contributed by atoms with E-state index >= 15 is 0 Å². The minimum atomic E-state index is -3.06. The third-order valence-electron chi connectivity index (χ3n) is 5.89. The van der Waals surface area contributed by atoms with Crippen molar-refractivity contribution >= 4 is 29.4 Å². The third kappa shape index (κ3) is 5.73. The molecule has 4 rings (SSSR count). The molecule has 2 N–H and O–H groups in total. The smallest absolute Gasteiger partial charge is 0.387 e. The summed E-state index contributed by atoms with van der Waals surface area (Å²) < 4.78 is 29.9. The van der Waals surface area contributed by atoms with Crippen LogP contribution in [-0.2, 0) is 16.1 Å². The number of rotatable bonds is 7. The van der Waals surface area contributed by atoms with Crippen molar-refractivity contribution in [3.05, 3.63) is 59.7 Å². The van der Waals surface area contributed by atoms with Crippen molar-refractivity contribution in [2.45, 2.75) is 26.0 Å². The lowest BCUT2D eigenvalue weighted by Crippen LogP contribution is -2.43. The average Bonchev–Trinajstić information content (AvgIpc) is 3.16. The van der Waals surface area contributed by atoms with Crippen molar-refractivity contribution in [3.8, 4) is 5.75 Å². The number of para-hydroxylation sites is 1. The Kier molecular flexibility index (Phi) is 7.23. The Morgan fingerprint density at radius 3 is 2.69 bits per heavy atom. The Hall–Kier alpha value is -4.02. The zero-order valence-corrected chi connectivity index (χ0v) is 18.7.